The highest BCUT2D eigenvalue weighted by Gasteiger charge is 2.60. The Morgan fingerprint density at radius 2 is 1.96 bits per heavy atom. The van der Waals surface area contributed by atoms with E-state index in [1.165, 1.54) is 0 Å². The number of likely N-dealkylation sites (tertiary alicyclic amines) is 1. The lowest BCUT2D eigenvalue weighted by atomic mass is 9.99. The smallest absolute Gasteiger partial charge is 0.410 e. The first-order chi connectivity index (χ1) is 10.9. The van der Waals surface area contributed by atoms with Gasteiger partial charge in [-0.3, -0.25) is 9.69 Å². The average Bonchev–Trinajstić information content (AvgIpc) is 3.06. The molecule has 0 bridgehead atoms. The van der Waals surface area contributed by atoms with Crippen molar-refractivity contribution in [3.8, 4) is 0 Å². The first kappa shape index (κ1) is 15.7. The summed E-state index contributed by atoms with van der Waals surface area (Å²) in [6.07, 6.45) is -0.863. The fraction of sp³-hybridized carbons (Fsp3) is 0.500. The zero-order valence-corrected chi connectivity index (χ0v) is 12.3. The molecule has 23 heavy (non-hydrogen) atoms. The van der Waals surface area contributed by atoms with Crippen molar-refractivity contribution in [1.82, 2.24) is 4.90 Å². The molecule has 1 amide bonds. The average molecular weight is 325 g/mol. The molecule has 1 heterocycles. The van der Waals surface area contributed by atoms with Crippen LogP contribution in [-0.4, -0.2) is 40.6 Å². The van der Waals surface area contributed by atoms with E-state index in [2.05, 4.69) is 0 Å². The van der Waals surface area contributed by atoms with E-state index in [1.807, 2.05) is 6.07 Å². The van der Waals surface area contributed by atoms with Gasteiger partial charge in [0, 0.05) is 12.0 Å². The normalized spacial score (nSPS) is 28.4. The number of carbonyl (C=O) groups excluding carboxylic acids is 1. The Morgan fingerprint density at radius 1 is 1.26 bits per heavy atom. The Hall–Kier alpha value is -2.18. The lowest BCUT2D eigenvalue weighted by molar-refractivity contribution is -0.142. The van der Waals surface area contributed by atoms with Crippen LogP contribution >= 0.6 is 0 Å². The number of benzene rings is 1. The quantitative estimate of drug-likeness (QED) is 0.928. The first-order valence-electron chi connectivity index (χ1n) is 7.46. The van der Waals surface area contributed by atoms with E-state index in [1.54, 1.807) is 24.3 Å². The summed E-state index contributed by atoms with van der Waals surface area (Å²) in [7, 11) is 0. The maximum Gasteiger partial charge on any atom is 0.410 e. The van der Waals surface area contributed by atoms with Gasteiger partial charge in [0.25, 0.3) is 5.92 Å². The van der Waals surface area contributed by atoms with Crippen molar-refractivity contribution in [1.29, 1.82) is 0 Å². The number of ether oxygens (including phenoxy) is 1. The Bertz CT molecular complexity index is 607. The summed E-state index contributed by atoms with van der Waals surface area (Å²) in [6.45, 7) is -0.705. The molecule has 1 aliphatic carbocycles. The van der Waals surface area contributed by atoms with E-state index < -0.39 is 42.4 Å². The maximum absolute atomic E-state index is 14.1. The zero-order valence-electron chi connectivity index (χ0n) is 12.3. The number of hydrogen-bond acceptors (Lipinski definition) is 3. The zero-order chi connectivity index (χ0) is 16.6. The number of alkyl halides is 2. The van der Waals surface area contributed by atoms with Crippen LogP contribution in [0, 0.1) is 11.8 Å². The van der Waals surface area contributed by atoms with Gasteiger partial charge in [-0.1, -0.05) is 30.3 Å². The Balaban J connectivity index is 1.67. The SMILES string of the molecule is O=C(O)C1C[C@@H]2[C@H](C1)N(C(=O)OCc1ccccc1)CC2(F)F. The van der Waals surface area contributed by atoms with Gasteiger partial charge in [0.15, 0.2) is 0 Å². The third-order valence-corrected chi connectivity index (χ3v) is 4.64. The van der Waals surface area contributed by atoms with Crippen molar-refractivity contribution in [3.05, 3.63) is 35.9 Å². The molecule has 3 atom stereocenters. The molecule has 1 aromatic rings. The summed E-state index contributed by atoms with van der Waals surface area (Å²) in [6, 6.07) is 8.17. The summed E-state index contributed by atoms with van der Waals surface area (Å²) in [5.74, 6) is -6.10. The Morgan fingerprint density at radius 3 is 2.61 bits per heavy atom. The minimum absolute atomic E-state index is 0.00148. The Kier molecular flexibility index (Phi) is 3.95. The summed E-state index contributed by atoms with van der Waals surface area (Å²) >= 11 is 0. The van der Waals surface area contributed by atoms with Gasteiger partial charge >= 0.3 is 12.1 Å². The molecule has 124 valence electrons. The van der Waals surface area contributed by atoms with Crippen LogP contribution in [0.5, 0.6) is 0 Å². The molecule has 1 aromatic carbocycles. The van der Waals surface area contributed by atoms with Gasteiger partial charge in [-0.2, -0.15) is 0 Å². The molecule has 0 aromatic heterocycles. The number of hydrogen-bond donors (Lipinski definition) is 1. The molecule has 1 aliphatic heterocycles. The summed E-state index contributed by atoms with van der Waals surface area (Å²) in [5.41, 5.74) is 0.762. The molecular formula is C16H17F2NO4. The van der Waals surface area contributed by atoms with Gasteiger partial charge in [0.2, 0.25) is 0 Å². The monoisotopic (exact) mass is 325 g/mol. The summed E-state index contributed by atoms with van der Waals surface area (Å²) in [5, 5.41) is 9.04. The molecule has 2 fully saturated rings. The van der Waals surface area contributed by atoms with Crippen molar-refractivity contribution in [2.24, 2.45) is 11.8 Å². The van der Waals surface area contributed by atoms with Crippen molar-refractivity contribution in [2.75, 3.05) is 6.54 Å². The maximum atomic E-state index is 14.1. The highest BCUT2D eigenvalue weighted by Crippen LogP contribution is 2.49. The number of halogens is 2. The van der Waals surface area contributed by atoms with Gasteiger partial charge in [-0.25, -0.2) is 13.6 Å². The number of nitrogens with zero attached hydrogens (tertiary/aromatic N) is 1. The molecule has 1 saturated heterocycles. The van der Waals surface area contributed by atoms with E-state index in [0.29, 0.717) is 0 Å². The topological polar surface area (TPSA) is 66.8 Å². The number of aliphatic carboxylic acids is 1. The summed E-state index contributed by atoms with van der Waals surface area (Å²) in [4.78, 5) is 24.2. The van der Waals surface area contributed by atoms with E-state index in [4.69, 9.17) is 9.84 Å². The first-order valence-corrected chi connectivity index (χ1v) is 7.46. The molecule has 7 heteroatoms. The molecule has 1 unspecified atom stereocenters. The minimum atomic E-state index is -3.07. The predicted molar refractivity (Wildman–Crippen MR) is 75.9 cm³/mol. The number of amides is 1. The number of carboxylic acids is 1. The number of rotatable bonds is 3. The third kappa shape index (κ3) is 3.00. The van der Waals surface area contributed by atoms with Crippen LogP contribution in [-0.2, 0) is 16.1 Å². The number of carboxylic acid groups (broad SMARTS) is 1. The molecule has 1 saturated carbocycles. The molecular weight excluding hydrogens is 308 g/mol. The van der Waals surface area contributed by atoms with E-state index in [9.17, 15) is 18.4 Å². The largest absolute Gasteiger partial charge is 0.481 e. The second-order valence-corrected chi connectivity index (χ2v) is 6.11. The van der Waals surface area contributed by atoms with E-state index in [-0.39, 0.29) is 19.4 Å². The highest BCUT2D eigenvalue weighted by molar-refractivity contribution is 5.72. The third-order valence-electron chi connectivity index (χ3n) is 4.64. The fourth-order valence-corrected chi connectivity index (χ4v) is 3.48. The number of carbonyl (C=O) groups is 2. The van der Waals surface area contributed by atoms with Gasteiger partial charge in [0.05, 0.1) is 12.5 Å². The van der Waals surface area contributed by atoms with Crippen LogP contribution in [0.15, 0.2) is 30.3 Å². The molecule has 0 radical (unpaired) electrons. The van der Waals surface area contributed by atoms with Crippen LogP contribution in [0.1, 0.15) is 18.4 Å². The predicted octanol–water partition coefficient (Wildman–Crippen LogP) is 2.75. The van der Waals surface area contributed by atoms with E-state index in [0.717, 1.165) is 10.5 Å². The standard InChI is InChI=1S/C16H17F2NO4/c17-16(18)9-19(13-7-11(14(20)21)6-12(13)16)15(22)23-8-10-4-2-1-3-5-10/h1-5,11-13H,6-9H2,(H,20,21)/t11?,12-,13+/m1/s1. The fourth-order valence-electron chi connectivity index (χ4n) is 3.48. The van der Waals surface area contributed by atoms with E-state index >= 15 is 0 Å². The van der Waals surface area contributed by atoms with Crippen molar-refractivity contribution in [2.45, 2.75) is 31.4 Å². The van der Waals surface area contributed by atoms with Gasteiger partial charge < -0.3 is 9.84 Å². The van der Waals surface area contributed by atoms with Crippen LogP contribution < -0.4 is 0 Å². The van der Waals surface area contributed by atoms with Crippen molar-refractivity contribution in [3.63, 3.8) is 0 Å². The highest BCUT2D eigenvalue weighted by atomic mass is 19.3. The van der Waals surface area contributed by atoms with Crippen LogP contribution in [0.4, 0.5) is 13.6 Å². The van der Waals surface area contributed by atoms with Crippen molar-refractivity contribution >= 4 is 12.1 Å². The number of fused-ring (bicyclic) bond motifs is 1. The lowest BCUT2D eigenvalue weighted by Gasteiger charge is -2.22. The molecule has 3 rings (SSSR count). The van der Waals surface area contributed by atoms with Gasteiger partial charge in [-0.15, -0.1) is 0 Å². The van der Waals surface area contributed by atoms with Crippen LogP contribution in [0.25, 0.3) is 0 Å². The minimum Gasteiger partial charge on any atom is -0.481 e. The lowest BCUT2D eigenvalue weighted by Crippen LogP contribution is -2.37. The van der Waals surface area contributed by atoms with Crippen molar-refractivity contribution < 1.29 is 28.2 Å². The Labute approximate surface area is 131 Å². The van der Waals surface area contributed by atoms with Crippen LogP contribution in [0.2, 0.25) is 0 Å². The molecule has 5 nitrogen and oxygen atoms in total. The molecule has 0 spiro atoms. The van der Waals surface area contributed by atoms with Gasteiger partial charge in [-0.05, 0) is 18.4 Å². The molecule has 2 aliphatic rings. The summed E-state index contributed by atoms with van der Waals surface area (Å²) < 4.78 is 33.3. The molecule has 1 N–H and O–H groups in total. The van der Waals surface area contributed by atoms with Crippen LogP contribution in [0.3, 0.4) is 0 Å². The van der Waals surface area contributed by atoms with Gasteiger partial charge in [0.1, 0.15) is 6.61 Å². The second kappa shape index (κ2) is 5.79. The second-order valence-electron chi connectivity index (χ2n) is 6.11.